The number of hydrogen-bond acceptors (Lipinski definition) is 4. The highest BCUT2D eigenvalue weighted by Gasteiger charge is 2.20. The van der Waals surface area contributed by atoms with Crippen LogP contribution in [0.25, 0.3) is 22.0 Å². The molecule has 7 heteroatoms. The summed E-state index contributed by atoms with van der Waals surface area (Å²) in [4.78, 5) is 15.2. The number of aliphatic hydroxyl groups excluding tert-OH is 1. The third kappa shape index (κ3) is 3.94. The van der Waals surface area contributed by atoms with Crippen LogP contribution < -0.4 is 10.9 Å². The van der Waals surface area contributed by atoms with E-state index < -0.39 is 6.23 Å². The maximum absolute atomic E-state index is 12.4. The third-order valence-electron chi connectivity index (χ3n) is 5.80. The van der Waals surface area contributed by atoms with Gasteiger partial charge < -0.3 is 14.7 Å². The minimum Gasteiger partial charge on any atom is -0.374 e. The maximum Gasteiger partial charge on any atom is 0.252 e. The molecule has 3 aromatic heterocycles. The largest absolute Gasteiger partial charge is 0.374 e. The van der Waals surface area contributed by atoms with Gasteiger partial charge in [0.2, 0.25) is 0 Å². The Morgan fingerprint density at radius 2 is 1.90 bits per heavy atom. The summed E-state index contributed by atoms with van der Waals surface area (Å²) in [5.41, 5.74) is 7.10. The number of nitrogens with zero attached hydrogens (tertiary/aromatic N) is 2. The fraction of sp³-hybridized carbons (Fsp3) is 0.333. The Hall–Kier alpha value is -3.16. The number of pyridine rings is 1. The van der Waals surface area contributed by atoms with Gasteiger partial charge >= 0.3 is 0 Å². The maximum atomic E-state index is 12.4. The van der Waals surface area contributed by atoms with Crippen molar-refractivity contribution in [2.75, 3.05) is 0 Å². The Balaban J connectivity index is 1.78. The lowest BCUT2D eigenvalue weighted by Crippen LogP contribution is -2.26. The normalized spacial score (nSPS) is 12.7. The molecule has 4 rings (SSSR count). The van der Waals surface area contributed by atoms with Crippen molar-refractivity contribution in [1.29, 1.82) is 0 Å². The van der Waals surface area contributed by atoms with Gasteiger partial charge in [0.1, 0.15) is 6.23 Å². The number of aryl methyl sites for hydroxylation is 3. The molecule has 0 bridgehead atoms. The highest BCUT2D eigenvalue weighted by molar-refractivity contribution is 5.91. The van der Waals surface area contributed by atoms with Gasteiger partial charge in [-0.3, -0.25) is 15.2 Å². The van der Waals surface area contributed by atoms with Crippen LogP contribution in [-0.2, 0) is 6.54 Å². The number of aliphatic hydroxyl groups is 1. The van der Waals surface area contributed by atoms with Gasteiger partial charge in [-0.1, -0.05) is 0 Å². The molecule has 1 atom stereocenters. The number of hydrogen-bond donors (Lipinski definition) is 4. The van der Waals surface area contributed by atoms with Gasteiger partial charge in [-0.2, -0.15) is 5.10 Å². The number of aromatic amines is 2. The molecule has 0 aliphatic rings. The molecular formula is C24H29N5O2. The molecule has 0 saturated carbocycles. The summed E-state index contributed by atoms with van der Waals surface area (Å²) in [6.07, 6.45) is 4.81. The summed E-state index contributed by atoms with van der Waals surface area (Å²) >= 11 is 0. The first-order valence-electron chi connectivity index (χ1n) is 10.5. The van der Waals surface area contributed by atoms with Gasteiger partial charge in [0.25, 0.3) is 5.56 Å². The van der Waals surface area contributed by atoms with E-state index in [4.69, 9.17) is 0 Å². The van der Waals surface area contributed by atoms with Gasteiger partial charge in [0.15, 0.2) is 0 Å². The van der Waals surface area contributed by atoms with E-state index >= 15 is 0 Å². The first-order chi connectivity index (χ1) is 14.8. The molecule has 0 saturated heterocycles. The second kappa shape index (κ2) is 8.17. The van der Waals surface area contributed by atoms with Crippen LogP contribution in [0, 0.1) is 20.8 Å². The van der Waals surface area contributed by atoms with Crippen molar-refractivity contribution >= 4 is 10.9 Å². The van der Waals surface area contributed by atoms with Crippen molar-refractivity contribution in [2.45, 2.75) is 53.4 Å². The topological polar surface area (TPSA) is 98.7 Å². The smallest absolute Gasteiger partial charge is 0.252 e. The minimum atomic E-state index is -0.934. The standard InChI is InChI=1S/C24H29N5O2/c1-13(2)29-12-15(4)22-19(7-17(8-21(22)29)18-9-26-27-10-18)23(30)25-11-20-14(3)6-16(5)28-24(20)31/h6-10,12-13,23,25,30H,11H2,1-5H3,(H,26,27)(H,28,31). The van der Waals surface area contributed by atoms with E-state index in [-0.39, 0.29) is 18.1 Å². The molecule has 1 aromatic carbocycles. The van der Waals surface area contributed by atoms with Crippen molar-refractivity contribution < 1.29 is 5.11 Å². The van der Waals surface area contributed by atoms with Crippen LogP contribution in [0.3, 0.4) is 0 Å². The fourth-order valence-corrected chi connectivity index (χ4v) is 4.25. The van der Waals surface area contributed by atoms with E-state index in [1.54, 1.807) is 6.20 Å². The Morgan fingerprint density at radius 3 is 2.55 bits per heavy atom. The lowest BCUT2D eigenvalue weighted by Gasteiger charge is -2.18. The van der Waals surface area contributed by atoms with Crippen LogP contribution in [0.4, 0.5) is 0 Å². The summed E-state index contributed by atoms with van der Waals surface area (Å²) in [7, 11) is 0. The second-order valence-corrected chi connectivity index (χ2v) is 8.49. The number of rotatable bonds is 6. The Morgan fingerprint density at radius 1 is 1.13 bits per heavy atom. The molecule has 162 valence electrons. The van der Waals surface area contributed by atoms with Gasteiger partial charge in [0, 0.05) is 58.3 Å². The van der Waals surface area contributed by atoms with E-state index in [9.17, 15) is 9.90 Å². The molecule has 31 heavy (non-hydrogen) atoms. The van der Waals surface area contributed by atoms with Crippen molar-refractivity contribution in [2.24, 2.45) is 0 Å². The molecule has 0 aliphatic heterocycles. The predicted molar refractivity (Wildman–Crippen MR) is 123 cm³/mol. The lowest BCUT2D eigenvalue weighted by molar-refractivity contribution is 0.138. The van der Waals surface area contributed by atoms with E-state index in [0.29, 0.717) is 5.56 Å². The van der Waals surface area contributed by atoms with Crippen LogP contribution in [0.5, 0.6) is 0 Å². The predicted octanol–water partition coefficient (Wildman–Crippen LogP) is 4.01. The van der Waals surface area contributed by atoms with Crippen LogP contribution in [-0.4, -0.2) is 24.9 Å². The van der Waals surface area contributed by atoms with E-state index in [2.05, 4.69) is 58.1 Å². The molecule has 7 nitrogen and oxygen atoms in total. The zero-order valence-electron chi connectivity index (χ0n) is 18.6. The monoisotopic (exact) mass is 419 g/mol. The van der Waals surface area contributed by atoms with Crippen LogP contribution >= 0.6 is 0 Å². The number of aromatic nitrogens is 4. The first kappa shape index (κ1) is 21.1. The quantitative estimate of drug-likeness (QED) is 0.355. The summed E-state index contributed by atoms with van der Waals surface area (Å²) in [6, 6.07) is 6.35. The van der Waals surface area contributed by atoms with Crippen molar-refractivity contribution in [3.63, 3.8) is 0 Å². The number of fused-ring (bicyclic) bond motifs is 1. The highest BCUT2D eigenvalue weighted by Crippen LogP contribution is 2.34. The minimum absolute atomic E-state index is 0.128. The summed E-state index contributed by atoms with van der Waals surface area (Å²) < 4.78 is 2.22. The molecular weight excluding hydrogens is 390 g/mol. The molecule has 4 aromatic rings. The van der Waals surface area contributed by atoms with E-state index in [1.165, 1.54) is 0 Å². The zero-order chi connectivity index (χ0) is 22.3. The van der Waals surface area contributed by atoms with E-state index in [1.807, 2.05) is 32.2 Å². The van der Waals surface area contributed by atoms with Crippen LogP contribution in [0.15, 0.2) is 41.6 Å². The average Bonchev–Trinajstić information content (AvgIpc) is 3.35. The molecule has 1 unspecified atom stereocenters. The summed E-state index contributed by atoms with van der Waals surface area (Å²) in [6.45, 7) is 10.4. The van der Waals surface area contributed by atoms with E-state index in [0.717, 1.165) is 44.4 Å². The molecule has 0 amide bonds. The zero-order valence-corrected chi connectivity index (χ0v) is 18.6. The molecule has 0 aliphatic carbocycles. The number of H-pyrrole nitrogens is 2. The van der Waals surface area contributed by atoms with Gasteiger partial charge in [-0.15, -0.1) is 0 Å². The van der Waals surface area contributed by atoms with Crippen molar-refractivity contribution in [1.82, 2.24) is 25.1 Å². The molecule has 0 fully saturated rings. The molecule has 3 heterocycles. The number of benzene rings is 1. The van der Waals surface area contributed by atoms with Crippen LogP contribution in [0.1, 0.15) is 54.1 Å². The second-order valence-electron chi connectivity index (χ2n) is 8.49. The Kier molecular flexibility index (Phi) is 5.56. The van der Waals surface area contributed by atoms with Crippen LogP contribution in [0.2, 0.25) is 0 Å². The fourth-order valence-electron chi connectivity index (χ4n) is 4.25. The lowest BCUT2D eigenvalue weighted by atomic mass is 9.99. The van der Waals surface area contributed by atoms with Gasteiger partial charge in [-0.25, -0.2) is 0 Å². The third-order valence-corrected chi connectivity index (χ3v) is 5.80. The molecule has 0 radical (unpaired) electrons. The average molecular weight is 420 g/mol. The Bertz CT molecular complexity index is 1280. The Labute approximate surface area is 181 Å². The highest BCUT2D eigenvalue weighted by atomic mass is 16.3. The number of nitrogens with one attached hydrogen (secondary N) is 3. The SMILES string of the molecule is Cc1cc(C)c(CNC(O)c2cc(-c3cn[nH]c3)cc3c2c(C)cn3C(C)C)c(=O)[nH]1. The van der Waals surface area contributed by atoms with Crippen molar-refractivity contribution in [3.8, 4) is 11.1 Å². The summed E-state index contributed by atoms with van der Waals surface area (Å²) in [5.74, 6) is 0. The van der Waals surface area contributed by atoms with Gasteiger partial charge in [-0.05, 0) is 69.5 Å². The summed E-state index contributed by atoms with van der Waals surface area (Å²) in [5, 5.41) is 22.3. The van der Waals surface area contributed by atoms with Crippen molar-refractivity contribution in [3.05, 3.63) is 75.1 Å². The first-order valence-corrected chi connectivity index (χ1v) is 10.5. The molecule has 0 spiro atoms. The van der Waals surface area contributed by atoms with Gasteiger partial charge in [0.05, 0.1) is 6.20 Å². The molecule has 4 N–H and O–H groups in total.